The van der Waals surface area contributed by atoms with Crippen molar-refractivity contribution in [2.24, 2.45) is 0 Å². The first kappa shape index (κ1) is 18.3. The Labute approximate surface area is 164 Å². The third-order valence-electron chi connectivity index (χ3n) is 5.62. The van der Waals surface area contributed by atoms with Crippen LogP contribution in [0, 0.1) is 0 Å². The summed E-state index contributed by atoms with van der Waals surface area (Å²) >= 11 is 0. The number of rotatable bonds is 4. The molecule has 0 fully saturated rings. The number of hydrogen-bond donors (Lipinski definition) is 1. The van der Waals surface area contributed by atoms with E-state index in [4.69, 9.17) is 9.47 Å². The van der Waals surface area contributed by atoms with Crippen molar-refractivity contribution in [3.05, 3.63) is 70.9 Å². The third-order valence-corrected chi connectivity index (χ3v) is 5.62. The summed E-state index contributed by atoms with van der Waals surface area (Å²) in [6.45, 7) is 0. The molecular weight excluding hydrogens is 354 g/mol. The van der Waals surface area contributed by atoms with E-state index >= 15 is 0 Å². The van der Waals surface area contributed by atoms with Gasteiger partial charge in [0.1, 0.15) is 11.5 Å². The molecule has 1 aliphatic carbocycles. The fourth-order valence-electron chi connectivity index (χ4n) is 4.30. The van der Waals surface area contributed by atoms with Crippen LogP contribution in [0.15, 0.2) is 59.8 Å². The minimum atomic E-state index is -0.321. The third kappa shape index (κ3) is 3.28. The molecule has 1 N–H and O–H groups in total. The lowest BCUT2D eigenvalue weighted by Crippen LogP contribution is -2.38. The zero-order valence-electron chi connectivity index (χ0n) is 16.0. The van der Waals surface area contributed by atoms with Gasteiger partial charge in [-0.1, -0.05) is 30.3 Å². The molecular formula is C23H23NO4. The number of ketones is 1. The number of benzene rings is 2. The maximum absolute atomic E-state index is 13.2. The van der Waals surface area contributed by atoms with E-state index in [1.807, 2.05) is 48.5 Å². The van der Waals surface area contributed by atoms with Crippen molar-refractivity contribution in [3.63, 3.8) is 0 Å². The highest BCUT2D eigenvalue weighted by molar-refractivity contribution is 6.02. The van der Waals surface area contributed by atoms with Gasteiger partial charge in [-0.3, -0.25) is 9.59 Å². The minimum Gasteiger partial charge on any atom is -0.497 e. The smallest absolute Gasteiger partial charge is 0.225 e. The van der Waals surface area contributed by atoms with Crippen LogP contribution in [0.3, 0.4) is 0 Å². The summed E-state index contributed by atoms with van der Waals surface area (Å²) in [5, 5.41) is 2.96. The van der Waals surface area contributed by atoms with E-state index in [0.29, 0.717) is 29.9 Å². The quantitative estimate of drug-likeness (QED) is 0.882. The Balaban J connectivity index is 1.77. The van der Waals surface area contributed by atoms with Gasteiger partial charge in [0.15, 0.2) is 5.78 Å². The summed E-state index contributed by atoms with van der Waals surface area (Å²) in [5.41, 5.74) is 3.39. The summed E-state index contributed by atoms with van der Waals surface area (Å²) in [6, 6.07) is 15.5. The van der Waals surface area contributed by atoms with Crippen molar-refractivity contribution in [2.45, 2.75) is 31.1 Å². The largest absolute Gasteiger partial charge is 0.497 e. The van der Waals surface area contributed by atoms with E-state index in [9.17, 15) is 9.59 Å². The highest BCUT2D eigenvalue weighted by Crippen LogP contribution is 2.45. The first-order valence-corrected chi connectivity index (χ1v) is 9.43. The number of allylic oxidation sites excluding steroid dienone is 2. The number of ether oxygens (including phenoxy) is 2. The second kappa shape index (κ2) is 7.50. The van der Waals surface area contributed by atoms with Crippen LogP contribution in [0.5, 0.6) is 11.5 Å². The molecule has 4 rings (SSSR count). The van der Waals surface area contributed by atoms with E-state index in [-0.39, 0.29) is 29.9 Å². The number of Topliss-reactive ketones (excluding diaryl/α,β-unsaturated/α-hetero) is 1. The number of nitrogens with one attached hydrogen (secondary N) is 1. The number of amides is 1. The zero-order valence-corrected chi connectivity index (χ0v) is 16.0. The Kier molecular flexibility index (Phi) is 4.90. The molecule has 2 aliphatic rings. The summed E-state index contributed by atoms with van der Waals surface area (Å²) in [5.74, 6) is 1.11. The second-order valence-electron chi connectivity index (χ2n) is 7.24. The molecule has 28 heavy (non-hydrogen) atoms. The molecule has 0 saturated heterocycles. The molecule has 0 aromatic heterocycles. The van der Waals surface area contributed by atoms with Crippen molar-refractivity contribution >= 4 is 11.7 Å². The van der Waals surface area contributed by atoms with Gasteiger partial charge in [0.05, 0.1) is 14.2 Å². The van der Waals surface area contributed by atoms with Crippen LogP contribution < -0.4 is 14.8 Å². The van der Waals surface area contributed by atoms with Gasteiger partial charge in [-0.2, -0.15) is 0 Å². The Morgan fingerprint density at radius 1 is 0.929 bits per heavy atom. The first-order valence-electron chi connectivity index (χ1n) is 9.43. The Hall–Kier alpha value is -3.08. The fourth-order valence-corrected chi connectivity index (χ4v) is 4.30. The standard InChI is InChI=1S/C23H23NO4/c1-27-16-8-9-21(28-2)17(12-16)18-13-22(26)24-19-10-15(11-20(25)23(18)19)14-6-4-3-5-7-14/h3-9,12,15,18H,10-11,13H2,1-2H3,(H,24,26)/t15-,18-/m1/s1. The lowest BCUT2D eigenvalue weighted by molar-refractivity contribution is -0.122. The number of carbonyl (C=O) groups excluding carboxylic acids is 2. The summed E-state index contributed by atoms with van der Waals surface area (Å²) < 4.78 is 10.9. The fraction of sp³-hybridized carbons (Fsp3) is 0.304. The number of carbonyl (C=O) groups is 2. The Morgan fingerprint density at radius 2 is 1.71 bits per heavy atom. The van der Waals surface area contributed by atoms with E-state index in [0.717, 1.165) is 16.8 Å². The maximum Gasteiger partial charge on any atom is 0.225 e. The van der Waals surface area contributed by atoms with Crippen molar-refractivity contribution < 1.29 is 19.1 Å². The average molecular weight is 377 g/mol. The number of hydrogen-bond acceptors (Lipinski definition) is 4. The van der Waals surface area contributed by atoms with Gasteiger partial charge in [-0.25, -0.2) is 0 Å². The van der Waals surface area contributed by atoms with Crippen LogP contribution in [0.2, 0.25) is 0 Å². The zero-order chi connectivity index (χ0) is 19.7. The van der Waals surface area contributed by atoms with Crippen LogP contribution in [-0.4, -0.2) is 25.9 Å². The molecule has 0 unspecified atom stereocenters. The van der Waals surface area contributed by atoms with Crippen molar-refractivity contribution in [1.82, 2.24) is 5.32 Å². The van der Waals surface area contributed by atoms with Crippen LogP contribution in [0.25, 0.3) is 0 Å². The lowest BCUT2D eigenvalue weighted by atomic mass is 9.73. The predicted octanol–water partition coefficient (Wildman–Crippen LogP) is 3.71. The number of methoxy groups -OCH3 is 2. The predicted molar refractivity (Wildman–Crippen MR) is 105 cm³/mol. The maximum atomic E-state index is 13.2. The van der Waals surface area contributed by atoms with Gasteiger partial charge < -0.3 is 14.8 Å². The first-order chi connectivity index (χ1) is 13.6. The van der Waals surface area contributed by atoms with Crippen molar-refractivity contribution in [2.75, 3.05) is 14.2 Å². The Bertz CT molecular complexity index is 948. The summed E-state index contributed by atoms with van der Waals surface area (Å²) in [7, 11) is 3.19. The highest BCUT2D eigenvalue weighted by Gasteiger charge is 2.39. The van der Waals surface area contributed by atoms with E-state index < -0.39 is 0 Å². The van der Waals surface area contributed by atoms with Crippen LogP contribution in [0.1, 0.15) is 42.2 Å². The van der Waals surface area contributed by atoms with Crippen LogP contribution in [-0.2, 0) is 9.59 Å². The molecule has 2 aromatic rings. The van der Waals surface area contributed by atoms with Gasteiger partial charge in [0, 0.05) is 35.6 Å². The average Bonchev–Trinajstić information content (AvgIpc) is 2.72. The Morgan fingerprint density at radius 3 is 2.43 bits per heavy atom. The van der Waals surface area contributed by atoms with Gasteiger partial charge in [-0.05, 0) is 36.1 Å². The van der Waals surface area contributed by atoms with Crippen molar-refractivity contribution in [1.29, 1.82) is 0 Å². The highest BCUT2D eigenvalue weighted by atomic mass is 16.5. The molecule has 2 atom stereocenters. The van der Waals surface area contributed by atoms with Gasteiger partial charge in [0.2, 0.25) is 5.91 Å². The molecule has 5 nitrogen and oxygen atoms in total. The SMILES string of the molecule is COc1ccc(OC)c([C@H]2CC(=O)NC3=C2C(=O)C[C@H](c2ccccc2)C3)c1. The van der Waals surface area contributed by atoms with Crippen LogP contribution in [0.4, 0.5) is 0 Å². The molecule has 2 aromatic carbocycles. The molecule has 5 heteroatoms. The molecule has 0 spiro atoms. The normalized spacial score (nSPS) is 21.8. The molecule has 0 radical (unpaired) electrons. The van der Waals surface area contributed by atoms with E-state index in [2.05, 4.69) is 5.32 Å². The second-order valence-corrected chi connectivity index (χ2v) is 7.24. The summed E-state index contributed by atoms with van der Waals surface area (Å²) in [4.78, 5) is 25.7. The molecule has 0 saturated carbocycles. The van der Waals surface area contributed by atoms with Gasteiger partial charge in [0.25, 0.3) is 0 Å². The molecule has 1 heterocycles. The van der Waals surface area contributed by atoms with Gasteiger partial charge >= 0.3 is 0 Å². The monoisotopic (exact) mass is 377 g/mol. The van der Waals surface area contributed by atoms with Crippen LogP contribution >= 0.6 is 0 Å². The molecule has 0 bridgehead atoms. The summed E-state index contributed by atoms with van der Waals surface area (Å²) in [6.07, 6.45) is 1.32. The van der Waals surface area contributed by atoms with Gasteiger partial charge in [-0.15, -0.1) is 0 Å². The van der Waals surface area contributed by atoms with Crippen molar-refractivity contribution in [3.8, 4) is 11.5 Å². The topological polar surface area (TPSA) is 64.6 Å². The molecule has 1 amide bonds. The van der Waals surface area contributed by atoms with E-state index in [1.54, 1.807) is 14.2 Å². The van der Waals surface area contributed by atoms with E-state index in [1.165, 1.54) is 0 Å². The minimum absolute atomic E-state index is 0.0739. The molecule has 144 valence electrons. The molecule has 1 aliphatic heterocycles. The lowest BCUT2D eigenvalue weighted by Gasteiger charge is -2.35.